The van der Waals surface area contributed by atoms with Crippen LogP contribution in [0.2, 0.25) is 0 Å². The standard InChI is InChI=1S/C13H27FN2/c1-11(2,3)15-8-9-16(12(4,5)6)13(7,14)10-15/h8-10H2,1-7H3. The number of hydrogen-bond donors (Lipinski definition) is 0. The van der Waals surface area contributed by atoms with Gasteiger partial charge in [0.1, 0.15) is 0 Å². The van der Waals surface area contributed by atoms with Crippen LogP contribution >= 0.6 is 0 Å². The molecule has 0 N–H and O–H groups in total. The van der Waals surface area contributed by atoms with Crippen LogP contribution in [0.5, 0.6) is 0 Å². The summed E-state index contributed by atoms with van der Waals surface area (Å²) in [4.78, 5) is 4.21. The molecule has 0 aromatic carbocycles. The van der Waals surface area contributed by atoms with Crippen molar-refractivity contribution in [3.63, 3.8) is 0 Å². The normalized spacial score (nSPS) is 30.8. The van der Waals surface area contributed by atoms with Gasteiger partial charge in [-0.2, -0.15) is 0 Å². The second kappa shape index (κ2) is 3.95. The van der Waals surface area contributed by atoms with Gasteiger partial charge in [-0.3, -0.25) is 9.80 Å². The molecular formula is C13H27FN2. The third-order valence-corrected chi connectivity index (χ3v) is 3.39. The average Bonchev–Trinajstić information content (AvgIpc) is 1.97. The number of alkyl halides is 1. The Morgan fingerprint density at radius 3 is 1.75 bits per heavy atom. The van der Waals surface area contributed by atoms with Gasteiger partial charge in [-0.15, -0.1) is 0 Å². The molecule has 3 heteroatoms. The number of halogens is 1. The van der Waals surface area contributed by atoms with Crippen molar-refractivity contribution in [2.45, 2.75) is 65.3 Å². The van der Waals surface area contributed by atoms with E-state index in [0.717, 1.165) is 13.1 Å². The molecule has 0 aromatic rings. The van der Waals surface area contributed by atoms with Gasteiger partial charge in [-0.25, -0.2) is 4.39 Å². The minimum atomic E-state index is -1.23. The molecule has 0 radical (unpaired) electrons. The molecule has 1 aliphatic rings. The zero-order valence-corrected chi connectivity index (χ0v) is 11.9. The van der Waals surface area contributed by atoms with Gasteiger partial charge in [0.05, 0.1) is 0 Å². The molecular weight excluding hydrogens is 203 g/mol. The van der Waals surface area contributed by atoms with Gasteiger partial charge >= 0.3 is 0 Å². The van der Waals surface area contributed by atoms with E-state index in [2.05, 4.69) is 46.4 Å². The highest BCUT2D eigenvalue weighted by molar-refractivity contribution is 4.95. The third kappa shape index (κ3) is 2.95. The highest BCUT2D eigenvalue weighted by Crippen LogP contribution is 2.32. The fraction of sp³-hybridized carbons (Fsp3) is 1.00. The molecule has 1 saturated heterocycles. The maximum atomic E-state index is 14.7. The minimum absolute atomic E-state index is 0.0529. The summed E-state index contributed by atoms with van der Waals surface area (Å²) in [5.74, 6) is -1.23. The van der Waals surface area contributed by atoms with Crippen molar-refractivity contribution >= 4 is 0 Å². The van der Waals surface area contributed by atoms with Crippen molar-refractivity contribution in [1.29, 1.82) is 0 Å². The lowest BCUT2D eigenvalue weighted by Gasteiger charge is -2.53. The molecule has 0 saturated carbocycles. The van der Waals surface area contributed by atoms with Crippen LogP contribution in [-0.4, -0.2) is 46.3 Å². The van der Waals surface area contributed by atoms with Crippen LogP contribution < -0.4 is 0 Å². The quantitative estimate of drug-likeness (QED) is 0.590. The topological polar surface area (TPSA) is 6.48 Å². The molecule has 0 aliphatic carbocycles. The first-order valence-corrected chi connectivity index (χ1v) is 6.16. The highest BCUT2D eigenvalue weighted by atomic mass is 19.1. The van der Waals surface area contributed by atoms with E-state index in [1.54, 1.807) is 6.92 Å². The van der Waals surface area contributed by atoms with Crippen LogP contribution in [-0.2, 0) is 0 Å². The molecule has 1 atom stereocenters. The van der Waals surface area contributed by atoms with Crippen LogP contribution in [0.3, 0.4) is 0 Å². The summed E-state index contributed by atoms with van der Waals surface area (Å²) in [5.41, 5.74) is -0.0508. The van der Waals surface area contributed by atoms with Gasteiger partial charge < -0.3 is 0 Å². The van der Waals surface area contributed by atoms with Gasteiger partial charge in [0, 0.05) is 30.7 Å². The van der Waals surface area contributed by atoms with E-state index in [-0.39, 0.29) is 11.1 Å². The van der Waals surface area contributed by atoms with Gasteiger partial charge in [0.15, 0.2) is 5.79 Å². The lowest BCUT2D eigenvalue weighted by molar-refractivity contribution is -0.138. The van der Waals surface area contributed by atoms with Crippen LogP contribution in [0.4, 0.5) is 4.39 Å². The fourth-order valence-electron chi connectivity index (χ4n) is 2.57. The Bertz CT molecular complexity index is 248. The van der Waals surface area contributed by atoms with E-state index in [1.165, 1.54) is 0 Å². The minimum Gasteiger partial charge on any atom is -0.293 e. The first-order chi connectivity index (χ1) is 6.94. The van der Waals surface area contributed by atoms with E-state index < -0.39 is 5.79 Å². The van der Waals surface area contributed by atoms with Crippen LogP contribution in [0.1, 0.15) is 48.5 Å². The molecule has 0 aromatic heterocycles. The predicted octanol–water partition coefficient (Wildman–Crippen LogP) is 2.89. The summed E-state index contributed by atoms with van der Waals surface area (Å²) in [7, 11) is 0. The second-order valence-electron chi connectivity index (χ2n) is 7.06. The summed E-state index contributed by atoms with van der Waals surface area (Å²) in [6.45, 7) is 16.6. The van der Waals surface area contributed by atoms with Crippen molar-refractivity contribution in [1.82, 2.24) is 9.80 Å². The van der Waals surface area contributed by atoms with E-state index in [9.17, 15) is 4.39 Å². The summed E-state index contributed by atoms with van der Waals surface area (Å²) in [5, 5.41) is 0. The van der Waals surface area contributed by atoms with Gasteiger partial charge in [0.2, 0.25) is 0 Å². The molecule has 0 spiro atoms. The third-order valence-electron chi connectivity index (χ3n) is 3.39. The Balaban J connectivity index is 2.82. The summed E-state index contributed by atoms with van der Waals surface area (Å²) in [6.07, 6.45) is 0. The van der Waals surface area contributed by atoms with Crippen molar-refractivity contribution in [3.05, 3.63) is 0 Å². The second-order valence-corrected chi connectivity index (χ2v) is 7.06. The summed E-state index contributed by atoms with van der Waals surface area (Å²) >= 11 is 0. The summed E-state index contributed by atoms with van der Waals surface area (Å²) in [6, 6.07) is 0. The average molecular weight is 230 g/mol. The zero-order valence-electron chi connectivity index (χ0n) is 11.9. The molecule has 1 aliphatic heterocycles. The molecule has 16 heavy (non-hydrogen) atoms. The number of piperazine rings is 1. The molecule has 1 heterocycles. The van der Waals surface area contributed by atoms with Crippen molar-refractivity contribution in [3.8, 4) is 0 Å². The van der Waals surface area contributed by atoms with Crippen molar-refractivity contribution < 1.29 is 4.39 Å². The number of hydrogen-bond acceptors (Lipinski definition) is 2. The first-order valence-electron chi connectivity index (χ1n) is 6.16. The lowest BCUT2D eigenvalue weighted by Crippen LogP contribution is -2.66. The van der Waals surface area contributed by atoms with Crippen molar-refractivity contribution in [2.75, 3.05) is 19.6 Å². The van der Waals surface area contributed by atoms with Gasteiger partial charge in [-0.1, -0.05) is 0 Å². The lowest BCUT2D eigenvalue weighted by atomic mass is 9.96. The van der Waals surface area contributed by atoms with E-state index in [0.29, 0.717) is 6.54 Å². The van der Waals surface area contributed by atoms with Crippen LogP contribution in [0.15, 0.2) is 0 Å². The molecule has 0 amide bonds. The predicted molar refractivity (Wildman–Crippen MR) is 67.3 cm³/mol. The first kappa shape index (κ1) is 13.9. The maximum Gasteiger partial charge on any atom is 0.174 e. The smallest absolute Gasteiger partial charge is 0.174 e. The summed E-state index contributed by atoms with van der Waals surface area (Å²) < 4.78 is 14.7. The number of nitrogens with zero attached hydrogens (tertiary/aromatic N) is 2. The van der Waals surface area contributed by atoms with E-state index >= 15 is 0 Å². The molecule has 2 nitrogen and oxygen atoms in total. The monoisotopic (exact) mass is 230 g/mol. The van der Waals surface area contributed by atoms with Gasteiger partial charge in [-0.05, 0) is 48.5 Å². The number of rotatable bonds is 0. The largest absolute Gasteiger partial charge is 0.293 e. The zero-order chi connectivity index (χ0) is 12.8. The Hall–Kier alpha value is -0.150. The molecule has 96 valence electrons. The Labute approximate surface area is 99.8 Å². The highest BCUT2D eigenvalue weighted by Gasteiger charge is 2.45. The molecule has 1 rings (SSSR count). The van der Waals surface area contributed by atoms with Crippen LogP contribution in [0, 0.1) is 0 Å². The van der Waals surface area contributed by atoms with Crippen LogP contribution in [0.25, 0.3) is 0 Å². The Kier molecular flexibility index (Phi) is 3.44. The van der Waals surface area contributed by atoms with Crippen molar-refractivity contribution in [2.24, 2.45) is 0 Å². The van der Waals surface area contributed by atoms with Gasteiger partial charge in [0.25, 0.3) is 0 Å². The molecule has 1 unspecified atom stereocenters. The van der Waals surface area contributed by atoms with E-state index in [1.807, 2.05) is 4.90 Å². The maximum absolute atomic E-state index is 14.7. The fourth-order valence-corrected chi connectivity index (χ4v) is 2.57. The Morgan fingerprint density at radius 2 is 1.44 bits per heavy atom. The van der Waals surface area contributed by atoms with E-state index in [4.69, 9.17) is 0 Å². The Morgan fingerprint density at radius 1 is 0.938 bits per heavy atom. The SMILES string of the molecule is CC(C)(C)N1CCN(C(C)(C)C)C(C)(F)C1. The molecule has 1 fully saturated rings. The molecule has 0 bridgehead atoms.